The smallest absolute Gasteiger partial charge is 0.157 e. The first-order valence-corrected chi connectivity index (χ1v) is 6.66. The predicted molar refractivity (Wildman–Crippen MR) is 81.1 cm³/mol. The van der Waals surface area contributed by atoms with Crippen molar-refractivity contribution in [3.05, 3.63) is 57.1 Å². The first-order valence-electron chi connectivity index (χ1n) is 5.91. The summed E-state index contributed by atoms with van der Waals surface area (Å²) in [5, 5.41) is 0.850. The minimum absolute atomic E-state index is 0.421. The Hall–Kier alpha value is -1.38. The molecule has 0 unspecified atom stereocenters. The van der Waals surface area contributed by atoms with E-state index < -0.39 is 0 Å². The van der Waals surface area contributed by atoms with Crippen LogP contribution in [0.4, 0.5) is 5.69 Å². The lowest BCUT2D eigenvalue weighted by atomic mass is 10.1. The summed E-state index contributed by atoms with van der Waals surface area (Å²) in [7, 11) is 0. The zero-order chi connectivity index (χ0) is 14.0. The Morgan fingerprint density at radius 3 is 2.21 bits per heavy atom. The van der Waals surface area contributed by atoms with Crippen LogP contribution in [0, 0.1) is 13.8 Å². The lowest BCUT2D eigenvalue weighted by Crippen LogP contribution is -1.98. The van der Waals surface area contributed by atoms with Crippen molar-refractivity contribution in [3.8, 4) is 5.75 Å². The summed E-state index contributed by atoms with van der Waals surface area (Å²) >= 11 is 12.1. The summed E-state index contributed by atoms with van der Waals surface area (Å²) < 4.78 is 5.68. The third-order valence-electron chi connectivity index (χ3n) is 2.98. The standard InChI is InChI=1S/C15H15Cl2NO/c1-9-3-4-11(5-10(9)2)8-19-15-13(16)6-12(18)7-14(15)17/h3-7H,8,18H2,1-2H3. The highest BCUT2D eigenvalue weighted by Crippen LogP contribution is 2.35. The first kappa shape index (κ1) is 14.0. The molecule has 100 valence electrons. The van der Waals surface area contributed by atoms with E-state index in [0.717, 1.165) is 5.56 Å². The van der Waals surface area contributed by atoms with Gasteiger partial charge in [0, 0.05) is 5.69 Å². The lowest BCUT2D eigenvalue weighted by Gasteiger charge is -2.11. The molecule has 19 heavy (non-hydrogen) atoms. The van der Waals surface area contributed by atoms with Crippen molar-refractivity contribution in [3.63, 3.8) is 0 Å². The van der Waals surface area contributed by atoms with E-state index in [4.69, 9.17) is 33.7 Å². The molecule has 0 aromatic heterocycles. The van der Waals surface area contributed by atoms with Crippen molar-refractivity contribution < 1.29 is 4.74 Å². The number of aryl methyl sites for hydroxylation is 2. The number of benzene rings is 2. The largest absolute Gasteiger partial charge is 0.486 e. The molecule has 0 saturated carbocycles. The summed E-state index contributed by atoms with van der Waals surface area (Å²) in [5.41, 5.74) is 9.73. The SMILES string of the molecule is Cc1ccc(COc2c(Cl)cc(N)cc2Cl)cc1C. The second-order valence-electron chi connectivity index (χ2n) is 4.52. The van der Waals surface area contributed by atoms with E-state index in [1.165, 1.54) is 11.1 Å². The fraction of sp³-hybridized carbons (Fsp3) is 0.200. The number of nitrogen functional groups attached to an aromatic ring is 1. The minimum atomic E-state index is 0.421. The quantitative estimate of drug-likeness (QED) is 0.828. The van der Waals surface area contributed by atoms with E-state index in [9.17, 15) is 0 Å². The molecule has 2 aromatic rings. The van der Waals surface area contributed by atoms with Crippen LogP contribution in [0.1, 0.15) is 16.7 Å². The van der Waals surface area contributed by atoms with Gasteiger partial charge in [0.05, 0.1) is 10.0 Å². The maximum Gasteiger partial charge on any atom is 0.157 e. The number of anilines is 1. The van der Waals surface area contributed by atoms with Crippen molar-refractivity contribution in [2.45, 2.75) is 20.5 Å². The van der Waals surface area contributed by atoms with Gasteiger partial charge in [-0.3, -0.25) is 0 Å². The molecule has 0 saturated heterocycles. The van der Waals surface area contributed by atoms with Gasteiger partial charge in [-0.05, 0) is 42.7 Å². The number of nitrogens with two attached hydrogens (primary N) is 1. The predicted octanol–water partition coefficient (Wildman–Crippen LogP) is 4.77. The van der Waals surface area contributed by atoms with Crippen LogP contribution in [0.25, 0.3) is 0 Å². The highest BCUT2D eigenvalue weighted by atomic mass is 35.5. The van der Waals surface area contributed by atoms with Crippen LogP contribution in [-0.4, -0.2) is 0 Å². The maximum absolute atomic E-state index is 6.07. The van der Waals surface area contributed by atoms with Crippen LogP contribution in [0.15, 0.2) is 30.3 Å². The fourth-order valence-electron chi connectivity index (χ4n) is 1.77. The molecule has 0 radical (unpaired) electrons. The Bertz CT molecular complexity index is 588. The molecule has 0 aliphatic heterocycles. The van der Waals surface area contributed by atoms with E-state index in [0.29, 0.717) is 28.1 Å². The summed E-state index contributed by atoms with van der Waals surface area (Å²) in [5.74, 6) is 0.468. The van der Waals surface area contributed by atoms with E-state index in [1.807, 2.05) is 6.07 Å². The highest BCUT2D eigenvalue weighted by molar-refractivity contribution is 6.37. The number of rotatable bonds is 3. The second kappa shape index (κ2) is 5.72. The molecule has 0 aliphatic carbocycles. The Kier molecular flexibility index (Phi) is 4.23. The van der Waals surface area contributed by atoms with Crippen LogP contribution >= 0.6 is 23.2 Å². The molecule has 0 spiro atoms. The molecule has 0 bridgehead atoms. The maximum atomic E-state index is 6.07. The zero-order valence-corrected chi connectivity index (χ0v) is 12.3. The van der Waals surface area contributed by atoms with Crippen LogP contribution < -0.4 is 10.5 Å². The van der Waals surface area contributed by atoms with Gasteiger partial charge in [0.25, 0.3) is 0 Å². The summed E-state index contributed by atoms with van der Waals surface area (Å²) in [6, 6.07) is 9.45. The molecular weight excluding hydrogens is 281 g/mol. The molecule has 0 fully saturated rings. The van der Waals surface area contributed by atoms with Crippen LogP contribution in [0.2, 0.25) is 10.0 Å². The third-order valence-corrected chi connectivity index (χ3v) is 3.54. The molecular formula is C15H15Cl2NO. The summed E-state index contributed by atoms with van der Waals surface area (Å²) in [6.45, 7) is 4.57. The first-order chi connectivity index (χ1) is 8.97. The van der Waals surface area contributed by atoms with Gasteiger partial charge >= 0.3 is 0 Å². The van der Waals surface area contributed by atoms with Gasteiger partial charge in [-0.2, -0.15) is 0 Å². The van der Waals surface area contributed by atoms with Crippen LogP contribution in [0.5, 0.6) is 5.75 Å². The topological polar surface area (TPSA) is 35.2 Å². The number of hydrogen-bond acceptors (Lipinski definition) is 2. The molecule has 0 aliphatic rings. The van der Waals surface area contributed by atoms with Crippen molar-refractivity contribution in [1.29, 1.82) is 0 Å². The number of halogens is 2. The zero-order valence-electron chi connectivity index (χ0n) is 10.8. The van der Waals surface area contributed by atoms with Gasteiger partial charge in [0.1, 0.15) is 6.61 Å². The molecule has 0 heterocycles. The number of hydrogen-bond donors (Lipinski definition) is 1. The summed E-state index contributed by atoms with van der Waals surface area (Å²) in [6.07, 6.45) is 0. The molecule has 2 rings (SSSR count). The van der Waals surface area contributed by atoms with Crippen LogP contribution in [-0.2, 0) is 6.61 Å². The monoisotopic (exact) mass is 295 g/mol. The fourth-order valence-corrected chi connectivity index (χ4v) is 2.38. The Balaban J connectivity index is 2.16. The normalized spacial score (nSPS) is 10.5. The van der Waals surface area contributed by atoms with Gasteiger partial charge in [-0.1, -0.05) is 41.4 Å². The molecule has 2 N–H and O–H groups in total. The number of ether oxygens (including phenoxy) is 1. The molecule has 2 aromatic carbocycles. The minimum Gasteiger partial charge on any atom is -0.486 e. The van der Waals surface area contributed by atoms with E-state index in [1.54, 1.807) is 12.1 Å². The third kappa shape index (κ3) is 3.34. The van der Waals surface area contributed by atoms with Crippen LogP contribution in [0.3, 0.4) is 0 Å². The Labute approximate surface area is 123 Å². The van der Waals surface area contributed by atoms with Crippen molar-refractivity contribution >= 4 is 28.9 Å². The molecule has 0 amide bonds. The Morgan fingerprint density at radius 1 is 1.00 bits per heavy atom. The second-order valence-corrected chi connectivity index (χ2v) is 5.34. The highest BCUT2D eigenvalue weighted by Gasteiger charge is 2.09. The summed E-state index contributed by atoms with van der Waals surface area (Å²) in [4.78, 5) is 0. The van der Waals surface area contributed by atoms with E-state index in [-0.39, 0.29) is 0 Å². The van der Waals surface area contributed by atoms with Gasteiger partial charge in [0.15, 0.2) is 5.75 Å². The van der Waals surface area contributed by atoms with Crippen molar-refractivity contribution in [2.75, 3.05) is 5.73 Å². The average molecular weight is 296 g/mol. The molecule has 4 heteroatoms. The van der Waals surface area contributed by atoms with Gasteiger partial charge < -0.3 is 10.5 Å². The van der Waals surface area contributed by atoms with Gasteiger partial charge in [0.2, 0.25) is 0 Å². The van der Waals surface area contributed by atoms with Gasteiger partial charge in [-0.15, -0.1) is 0 Å². The Morgan fingerprint density at radius 2 is 1.63 bits per heavy atom. The lowest BCUT2D eigenvalue weighted by molar-refractivity contribution is 0.306. The molecule has 2 nitrogen and oxygen atoms in total. The molecule has 0 atom stereocenters. The van der Waals surface area contributed by atoms with Crippen molar-refractivity contribution in [1.82, 2.24) is 0 Å². The van der Waals surface area contributed by atoms with Gasteiger partial charge in [-0.25, -0.2) is 0 Å². The average Bonchev–Trinajstić information content (AvgIpc) is 2.32. The van der Waals surface area contributed by atoms with E-state index >= 15 is 0 Å². The van der Waals surface area contributed by atoms with Crippen molar-refractivity contribution in [2.24, 2.45) is 0 Å². The van der Waals surface area contributed by atoms with E-state index in [2.05, 4.69) is 26.0 Å².